The number of carbonyl (C=O) groups excluding carboxylic acids is 2. The molecular formula is C20H21N3O2. The van der Waals surface area contributed by atoms with Crippen molar-refractivity contribution < 1.29 is 9.59 Å². The summed E-state index contributed by atoms with van der Waals surface area (Å²) >= 11 is 0. The molecule has 25 heavy (non-hydrogen) atoms. The van der Waals surface area contributed by atoms with Crippen LogP contribution in [0.1, 0.15) is 37.3 Å². The predicted molar refractivity (Wildman–Crippen MR) is 98.4 cm³/mol. The lowest BCUT2D eigenvalue weighted by atomic mass is 10.1. The van der Waals surface area contributed by atoms with E-state index >= 15 is 0 Å². The summed E-state index contributed by atoms with van der Waals surface area (Å²) in [6.07, 6.45) is 0.871. The van der Waals surface area contributed by atoms with Crippen LogP contribution in [-0.4, -0.2) is 17.5 Å². The fraction of sp³-hybridized carbons (Fsp3) is 0.250. The second-order valence-corrected chi connectivity index (χ2v) is 6.29. The van der Waals surface area contributed by atoms with E-state index in [4.69, 9.17) is 0 Å². The molecule has 3 rings (SSSR count). The number of nitrogens with one attached hydrogen (secondary N) is 2. The molecule has 128 valence electrons. The fourth-order valence-electron chi connectivity index (χ4n) is 2.84. The average molecular weight is 335 g/mol. The number of hydrazone groups is 1. The van der Waals surface area contributed by atoms with Crippen LogP contribution in [0.3, 0.4) is 0 Å². The standard InChI is InChI=1S/C20H21N3O2/c1-13(15-8-10-17(11-9-15)21-14(2)24)22-23-20(25)19-12-18(19)16-6-4-3-5-7-16/h3-11,18-19H,12H2,1-2H3,(H,21,24)(H,23,25)/b22-13-/t18-,19-/m0/s1. The lowest BCUT2D eigenvalue weighted by molar-refractivity contribution is -0.122. The first-order valence-electron chi connectivity index (χ1n) is 8.31. The van der Waals surface area contributed by atoms with Crippen molar-refractivity contribution in [3.63, 3.8) is 0 Å². The second-order valence-electron chi connectivity index (χ2n) is 6.29. The average Bonchev–Trinajstić information content (AvgIpc) is 3.41. The molecule has 2 atom stereocenters. The first kappa shape index (κ1) is 16.9. The summed E-state index contributed by atoms with van der Waals surface area (Å²) in [6, 6.07) is 17.4. The van der Waals surface area contributed by atoms with E-state index in [1.54, 1.807) is 0 Å². The highest BCUT2D eigenvalue weighted by atomic mass is 16.2. The Morgan fingerprint density at radius 1 is 1.00 bits per heavy atom. The van der Waals surface area contributed by atoms with E-state index in [-0.39, 0.29) is 17.7 Å². The van der Waals surface area contributed by atoms with Crippen LogP contribution in [0, 0.1) is 5.92 Å². The molecule has 1 aliphatic rings. The van der Waals surface area contributed by atoms with E-state index in [1.807, 2.05) is 49.4 Å². The summed E-state index contributed by atoms with van der Waals surface area (Å²) in [4.78, 5) is 23.3. The summed E-state index contributed by atoms with van der Waals surface area (Å²) in [5.41, 5.74) is 6.22. The zero-order chi connectivity index (χ0) is 17.8. The van der Waals surface area contributed by atoms with Crippen LogP contribution in [0.5, 0.6) is 0 Å². The maximum Gasteiger partial charge on any atom is 0.243 e. The monoisotopic (exact) mass is 335 g/mol. The van der Waals surface area contributed by atoms with Gasteiger partial charge in [-0.05, 0) is 42.5 Å². The van der Waals surface area contributed by atoms with E-state index in [0.29, 0.717) is 5.92 Å². The van der Waals surface area contributed by atoms with Crippen LogP contribution in [0.25, 0.3) is 0 Å². The van der Waals surface area contributed by atoms with Gasteiger partial charge in [0.1, 0.15) is 0 Å². The van der Waals surface area contributed by atoms with Crippen molar-refractivity contribution in [3.8, 4) is 0 Å². The minimum absolute atomic E-state index is 0.00101. The lowest BCUT2D eigenvalue weighted by Gasteiger charge is -2.05. The molecular weight excluding hydrogens is 314 g/mol. The van der Waals surface area contributed by atoms with Crippen molar-refractivity contribution in [2.24, 2.45) is 11.0 Å². The Kier molecular flexibility index (Phi) is 4.93. The van der Waals surface area contributed by atoms with Crippen molar-refractivity contribution in [3.05, 3.63) is 65.7 Å². The molecule has 2 N–H and O–H groups in total. The first-order valence-corrected chi connectivity index (χ1v) is 8.31. The number of hydrogen-bond donors (Lipinski definition) is 2. The number of amides is 2. The Morgan fingerprint density at radius 2 is 1.68 bits per heavy atom. The third-order valence-electron chi connectivity index (χ3n) is 4.31. The topological polar surface area (TPSA) is 70.6 Å². The molecule has 0 unspecified atom stereocenters. The summed E-state index contributed by atoms with van der Waals surface area (Å²) < 4.78 is 0. The van der Waals surface area contributed by atoms with E-state index in [9.17, 15) is 9.59 Å². The Hall–Kier alpha value is -2.95. The van der Waals surface area contributed by atoms with Gasteiger partial charge in [0, 0.05) is 18.5 Å². The molecule has 1 saturated carbocycles. The third kappa shape index (κ3) is 4.32. The van der Waals surface area contributed by atoms with Gasteiger partial charge in [0.15, 0.2) is 0 Å². The second kappa shape index (κ2) is 7.30. The van der Waals surface area contributed by atoms with Crippen LogP contribution in [-0.2, 0) is 9.59 Å². The molecule has 0 heterocycles. The summed E-state index contributed by atoms with van der Waals surface area (Å²) in [7, 11) is 0. The highest BCUT2D eigenvalue weighted by molar-refractivity contribution is 6.00. The highest BCUT2D eigenvalue weighted by Crippen LogP contribution is 2.47. The van der Waals surface area contributed by atoms with Gasteiger partial charge >= 0.3 is 0 Å². The van der Waals surface area contributed by atoms with Gasteiger partial charge in [-0.2, -0.15) is 5.10 Å². The molecule has 5 heteroatoms. The zero-order valence-corrected chi connectivity index (χ0v) is 14.3. The summed E-state index contributed by atoms with van der Waals surface area (Å²) in [5.74, 6) is 0.153. The summed E-state index contributed by atoms with van der Waals surface area (Å²) in [5, 5.41) is 6.92. The van der Waals surface area contributed by atoms with E-state index in [0.717, 1.165) is 23.4 Å². The first-order chi connectivity index (χ1) is 12.0. The van der Waals surface area contributed by atoms with Gasteiger partial charge in [0.05, 0.1) is 5.71 Å². The Balaban J connectivity index is 1.56. The number of nitrogens with zero attached hydrogens (tertiary/aromatic N) is 1. The minimum atomic E-state index is -0.109. The van der Waals surface area contributed by atoms with Crippen LogP contribution in [0.2, 0.25) is 0 Å². The Labute approximate surface area is 147 Å². The molecule has 1 aliphatic carbocycles. The van der Waals surface area contributed by atoms with Gasteiger partial charge in [-0.3, -0.25) is 9.59 Å². The number of hydrogen-bond acceptors (Lipinski definition) is 3. The van der Waals surface area contributed by atoms with E-state index in [1.165, 1.54) is 12.5 Å². The smallest absolute Gasteiger partial charge is 0.243 e. The molecule has 0 aliphatic heterocycles. The largest absolute Gasteiger partial charge is 0.326 e. The van der Waals surface area contributed by atoms with Crippen LogP contribution in [0.15, 0.2) is 59.7 Å². The van der Waals surface area contributed by atoms with Gasteiger partial charge in [0.25, 0.3) is 0 Å². The van der Waals surface area contributed by atoms with Gasteiger partial charge in [-0.1, -0.05) is 42.5 Å². The molecule has 0 spiro atoms. The minimum Gasteiger partial charge on any atom is -0.326 e. The van der Waals surface area contributed by atoms with Gasteiger partial charge in [-0.25, -0.2) is 5.43 Å². The maximum absolute atomic E-state index is 12.2. The molecule has 5 nitrogen and oxygen atoms in total. The number of carbonyl (C=O) groups is 2. The highest BCUT2D eigenvalue weighted by Gasteiger charge is 2.43. The molecule has 1 fully saturated rings. The number of rotatable bonds is 5. The van der Waals surface area contributed by atoms with E-state index < -0.39 is 0 Å². The molecule has 0 aromatic heterocycles. The number of anilines is 1. The molecule has 2 aromatic carbocycles. The SMILES string of the molecule is CC(=O)Nc1ccc(/C(C)=N\NC(=O)[C@H]2C[C@H]2c2ccccc2)cc1. The number of benzene rings is 2. The molecule has 2 amide bonds. The molecule has 2 aromatic rings. The van der Waals surface area contributed by atoms with Crippen molar-refractivity contribution in [1.29, 1.82) is 0 Å². The van der Waals surface area contributed by atoms with Crippen molar-refractivity contribution >= 4 is 23.2 Å². The van der Waals surface area contributed by atoms with E-state index in [2.05, 4.69) is 28.0 Å². The third-order valence-corrected chi connectivity index (χ3v) is 4.31. The fourth-order valence-corrected chi connectivity index (χ4v) is 2.84. The summed E-state index contributed by atoms with van der Waals surface area (Å²) in [6.45, 7) is 3.31. The Morgan fingerprint density at radius 3 is 2.32 bits per heavy atom. The molecule has 0 radical (unpaired) electrons. The quantitative estimate of drug-likeness (QED) is 0.650. The van der Waals surface area contributed by atoms with Crippen molar-refractivity contribution in [2.45, 2.75) is 26.2 Å². The van der Waals surface area contributed by atoms with Gasteiger partial charge < -0.3 is 5.32 Å². The van der Waals surface area contributed by atoms with Crippen LogP contribution in [0.4, 0.5) is 5.69 Å². The van der Waals surface area contributed by atoms with Gasteiger partial charge in [-0.15, -0.1) is 0 Å². The Bertz CT molecular complexity index is 797. The lowest BCUT2D eigenvalue weighted by Crippen LogP contribution is -2.21. The molecule has 0 bridgehead atoms. The van der Waals surface area contributed by atoms with Gasteiger partial charge in [0.2, 0.25) is 11.8 Å². The maximum atomic E-state index is 12.2. The predicted octanol–water partition coefficient (Wildman–Crippen LogP) is 3.29. The normalized spacial score (nSPS) is 19.2. The van der Waals surface area contributed by atoms with Crippen molar-refractivity contribution in [1.82, 2.24) is 5.43 Å². The van der Waals surface area contributed by atoms with Crippen LogP contribution >= 0.6 is 0 Å². The zero-order valence-electron chi connectivity index (χ0n) is 14.3. The molecule has 0 saturated heterocycles. The van der Waals surface area contributed by atoms with Crippen molar-refractivity contribution in [2.75, 3.05) is 5.32 Å². The van der Waals surface area contributed by atoms with Crippen LogP contribution < -0.4 is 10.7 Å².